The van der Waals surface area contributed by atoms with Crippen molar-refractivity contribution in [3.05, 3.63) is 89.1 Å². The van der Waals surface area contributed by atoms with Gasteiger partial charge in [0.1, 0.15) is 11.6 Å². The molecule has 5 rings (SSSR count). The van der Waals surface area contributed by atoms with E-state index >= 15 is 0 Å². The molecular weight excluding hydrogens is 440 g/mol. The summed E-state index contributed by atoms with van der Waals surface area (Å²) in [6.45, 7) is 7.11. The van der Waals surface area contributed by atoms with Crippen LogP contribution in [0.1, 0.15) is 72.0 Å². The molecule has 2 heterocycles. The summed E-state index contributed by atoms with van der Waals surface area (Å²) < 4.78 is 52.2. The van der Waals surface area contributed by atoms with E-state index in [0.717, 1.165) is 27.4 Å². The van der Waals surface area contributed by atoms with Crippen LogP contribution in [-0.2, 0) is 10.8 Å². The van der Waals surface area contributed by atoms with E-state index in [1.807, 2.05) is 31.4 Å². The molecule has 0 aliphatic heterocycles. The zero-order valence-electron chi connectivity index (χ0n) is 27.7. The lowest BCUT2D eigenvalue weighted by atomic mass is 9.83. The Morgan fingerprint density at radius 1 is 0.722 bits per heavy atom. The third kappa shape index (κ3) is 4.07. The van der Waals surface area contributed by atoms with Crippen LogP contribution in [0.25, 0.3) is 38.8 Å². The summed E-state index contributed by atoms with van der Waals surface area (Å²) in [7, 11) is 0. The van der Waals surface area contributed by atoms with E-state index in [1.54, 1.807) is 42.6 Å². The van der Waals surface area contributed by atoms with Gasteiger partial charge in [0.2, 0.25) is 0 Å². The molecule has 0 aliphatic carbocycles. The first-order chi connectivity index (χ1) is 19.3. The predicted octanol–water partition coefficient (Wildman–Crippen LogP) is 8.76. The van der Waals surface area contributed by atoms with Gasteiger partial charge >= 0.3 is 0 Å². The minimum absolute atomic E-state index is 0.00640. The number of benzene rings is 3. The van der Waals surface area contributed by atoms with Crippen LogP contribution in [0.4, 0.5) is 0 Å². The fraction of sp³-hybridized carbons (Fsp3) is 0.303. The highest BCUT2D eigenvalue weighted by Gasteiger charge is 2.20. The number of aromatic nitrogens is 2. The summed E-state index contributed by atoms with van der Waals surface area (Å²) in [5, 5.41) is 12.3. The fourth-order valence-corrected chi connectivity index (χ4v) is 4.80. The van der Waals surface area contributed by atoms with Crippen LogP contribution < -0.4 is 0 Å². The molecule has 0 radical (unpaired) electrons. The Balaban J connectivity index is 1.87. The Morgan fingerprint density at radius 2 is 1.33 bits per heavy atom. The molecule has 0 fully saturated rings. The molecule has 5 aromatic rings. The number of hydrogen-bond acceptors (Lipinski definition) is 2. The van der Waals surface area contributed by atoms with E-state index in [1.165, 1.54) is 0 Å². The number of aryl methyl sites for hydroxylation is 2. The second-order valence-electron chi connectivity index (χ2n) is 11.6. The molecule has 0 saturated carbocycles. The van der Waals surface area contributed by atoms with Crippen LogP contribution in [0.15, 0.2) is 66.9 Å². The molecule has 184 valence electrons. The molecule has 3 aromatic carbocycles. The monoisotopic (exact) mass is 482 g/mol. The van der Waals surface area contributed by atoms with Crippen molar-refractivity contribution in [3.8, 4) is 22.7 Å². The van der Waals surface area contributed by atoms with E-state index in [2.05, 4.69) is 44.0 Å². The summed E-state index contributed by atoms with van der Waals surface area (Å²) in [6, 6.07) is 18.1. The summed E-state index contributed by atoms with van der Waals surface area (Å²) in [5.41, 5.74) is 3.39. The predicted molar refractivity (Wildman–Crippen MR) is 153 cm³/mol. The van der Waals surface area contributed by atoms with Crippen LogP contribution in [0.3, 0.4) is 0 Å². The molecule has 2 aromatic heterocycles. The normalized spacial score (nSPS) is 15.7. The summed E-state index contributed by atoms with van der Waals surface area (Å²) >= 11 is 0. The molecule has 3 nitrogen and oxygen atoms in total. The average Bonchev–Trinajstić information content (AvgIpc) is 3.18. The Morgan fingerprint density at radius 3 is 1.94 bits per heavy atom. The van der Waals surface area contributed by atoms with Crippen LogP contribution in [0, 0.1) is 13.7 Å². The Labute approximate surface area is 222 Å². The molecule has 0 aliphatic rings. The van der Waals surface area contributed by atoms with E-state index in [9.17, 15) is 5.11 Å². The smallest absolute Gasteiger partial charge is 0.138 e. The van der Waals surface area contributed by atoms with Gasteiger partial charge in [-0.15, -0.1) is 0 Å². The Kier molecular flexibility index (Phi) is 4.06. The van der Waals surface area contributed by atoms with E-state index in [0.29, 0.717) is 16.9 Å². The van der Waals surface area contributed by atoms with Gasteiger partial charge in [0.25, 0.3) is 0 Å². The molecule has 0 saturated heterocycles. The fourth-order valence-electron chi connectivity index (χ4n) is 4.80. The van der Waals surface area contributed by atoms with Gasteiger partial charge in [-0.1, -0.05) is 65.8 Å². The van der Waals surface area contributed by atoms with Crippen LogP contribution >= 0.6 is 0 Å². The van der Waals surface area contributed by atoms with Gasteiger partial charge in [-0.2, -0.15) is 0 Å². The van der Waals surface area contributed by atoms with E-state index < -0.39 is 19.1 Å². The molecule has 0 atom stereocenters. The lowest BCUT2D eigenvalue weighted by Crippen LogP contribution is -2.12. The quantitative estimate of drug-likeness (QED) is 0.273. The minimum Gasteiger partial charge on any atom is -0.508 e. The highest BCUT2D eigenvalue weighted by molar-refractivity contribution is 6.09. The van der Waals surface area contributed by atoms with Crippen molar-refractivity contribution < 1.29 is 13.3 Å². The number of hydrogen-bond donors (Lipinski definition) is 1. The van der Waals surface area contributed by atoms with E-state index in [-0.39, 0.29) is 27.9 Å². The van der Waals surface area contributed by atoms with Crippen LogP contribution in [-0.4, -0.2) is 14.7 Å². The van der Waals surface area contributed by atoms with Gasteiger partial charge in [-0.05, 0) is 88.2 Å². The lowest BCUT2D eigenvalue weighted by Gasteiger charge is -2.22. The molecule has 0 amide bonds. The SMILES string of the molecule is [2H]C([2H])([2H])c1cc(C(C)(C)C)cc(C([2H])([2H])[2H])c1-c1ccnc(-n2c3cc(O)ccc3c3ccc(C(C)(C)C)cc32)c1. The second kappa shape index (κ2) is 8.23. The van der Waals surface area contributed by atoms with Gasteiger partial charge in [0.15, 0.2) is 0 Å². The number of phenolic OH excluding ortho intramolecular Hbond substituents is 1. The lowest BCUT2D eigenvalue weighted by molar-refractivity contribution is 0.476. The molecule has 1 N–H and O–H groups in total. The number of nitrogens with zero attached hydrogens (tertiary/aromatic N) is 2. The van der Waals surface area contributed by atoms with Crippen LogP contribution in [0.2, 0.25) is 0 Å². The first-order valence-electron chi connectivity index (χ1n) is 15.2. The van der Waals surface area contributed by atoms with Crippen molar-refractivity contribution in [3.63, 3.8) is 0 Å². The van der Waals surface area contributed by atoms with Crippen molar-refractivity contribution in [2.45, 2.75) is 66.1 Å². The van der Waals surface area contributed by atoms with Crippen molar-refractivity contribution in [2.24, 2.45) is 0 Å². The van der Waals surface area contributed by atoms with Crippen molar-refractivity contribution in [1.29, 1.82) is 0 Å². The topological polar surface area (TPSA) is 38.0 Å². The summed E-state index contributed by atoms with van der Waals surface area (Å²) in [4.78, 5) is 4.67. The summed E-state index contributed by atoms with van der Waals surface area (Å²) in [5.74, 6) is 0.586. The van der Waals surface area contributed by atoms with Crippen molar-refractivity contribution >= 4 is 21.8 Å². The number of fused-ring (bicyclic) bond motifs is 3. The maximum atomic E-state index is 10.4. The van der Waals surface area contributed by atoms with Crippen molar-refractivity contribution in [1.82, 2.24) is 9.55 Å². The number of phenols is 1. The average molecular weight is 483 g/mol. The Bertz CT molecular complexity index is 1800. The van der Waals surface area contributed by atoms with Gasteiger partial charge in [0, 0.05) is 31.3 Å². The third-order valence-corrected chi connectivity index (χ3v) is 6.88. The number of rotatable bonds is 2. The number of aromatic hydroxyl groups is 1. The van der Waals surface area contributed by atoms with Gasteiger partial charge in [-0.3, -0.25) is 4.57 Å². The molecular formula is C33H36N2O. The van der Waals surface area contributed by atoms with Gasteiger partial charge < -0.3 is 5.11 Å². The molecule has 0 bridgehead atoms. The van der Waals surface area contributed by atoms with E-state index in [4.69, 9.17) is 8.22 Å². The molecule has 3 heteroatoms. The standard InChI is InChI=1S/C33H36N2O/c1-20-15-24(33(6,7)8)16-21(2)31(20)22-13-14-34-30(17-22)35-28-18-23(32(3,4)5)9-11-26(28)27-12-10-25(36)19-29(27)35/h9-19,36H,1-8H3/i1D3,2D3. The zero-order chi connectivity index (χ0) is 31.0. The third-order valence-electron chi connectivity index (χ3n) is 6.88. The summed E-state index contributed by atoms with van der Waals surface area (Å²) in [6.07, 6.45) is 1.57. The Hall–Kier alpha value is -3.59. The van der Waals surface area contributed by atoms with Crippen LogP contribution in [0.5, 0.6) is 5.75 Å². The maximum Gasteiger partial charge on any atom is 0.138 e. The minimum atomic E-state index is -2.56. The highest BCUT2D eigenvalue weighted by atomic mass is 16.3. The largest absolute Gasteiger partial charge is 0.508 e. The number of pyridine rings is 1. The first-order valence-corrected chi connectivity index (χ1v) is 12.2. The molecule has 0 spiro atoms. The first kappa shape index (κ1) is 17.8. The zero-order valence-corrected chi connectivity index (χ0v) is 21.7. The van der Waals surface area contributed by atoms with Gasteiger partial charge in [0.05, 0.1) is 11.0 Å². The van der Waals surface area contributed by atoms with Crippen molar-refractivity contribution in [2.75, 3.05) is 0 Å². The second-order valence-corrected chi connectivity index (χ2v) is 11.6. The maximum absolute atomic E-state index is 10.4. The highest BCUT2D eigenvalue weighted by Crippen LogP contribution is 2.38. The molecule has 0 unspecified atom stereocenters. The molecule has 36 heavy (non-hydrogen) atoms. The van der Waals surface area contributed by atoms with Gasteiger partial charge in [-0.25, -0.2) is 4.98 Å².